The first-order valence-corrected chi connectivity index (χ1v) is 6.09. The van der Waals surface area contributed by atoms with Gasteiger partial charge in [0.05, 0.1) is 14.2 Å². The highest BCUT2D eigenvalue weighted by Gasteiger charge is 2.10. The van der Waals surface area contributed by atoms with Crippen LogP contribution in [0, 0.1) is 0 Å². The molecule has 1 aromatic carbocycles. The molecule has 0 saturated heterocycles. The summed E-state index contributed by atoms with van der Waals surface area (Å²) >= 11 is 3.44. The second-order valence-electron chi connectivity index (χ2n) is 3.65. The summed E-state index contributed by atoms with van der Waals surface area (Å²) in [6.45, 7) is 4.28. The van der Waals surface area contributed by atoms with E-state index in [0.717, 1.165) is 28.1 Å². The largest absolute Gasteiger partial charge is 0.495 e. The Hall–Kier alpha value is -0.900. The van der Waals surface area contributed by atoms with Crippen LogP contribution in [0.25, 0.3) is 0 Å². The SMILES string of the molecule is CCC(C)Nc1cc(OC)c(Br)c(OC)c1. The first kappa shape index (κ1) is 13.2. The number of nitrogens with one attached hydrogen (secondary N) is 1. The van der Waals surface area contributed by atoms with E-state index >= 15 is 0 Å². The monoisotopic (exact) mass is 287 g/mol. The number of methoxy groups -OCH3 is 2. The topological polar surface area (TPSA) is 30.5 Å². The first-order chi connectivity index (χ1) is 7.62. The van der Waals surface area contributed by atoms with Gasteiger partial charge in [-0.05, 0) is 29.3 Å². The van der Waals surface area contributed by atoms with E-state index in [-0.39, 0.29) is 0 Å². The fraction of sp³-hybridized carbons (Fsp3) is 0.500. The van der Waals surface area contributed by atoms with Gasteiger partial charge in [0.1, 0.15) is 16.0 Å². The van der Waals surface area contributed by atoms with Gasteiger partial charge in [0.2, 0.25) is 0 Å². The Kier molecular flexibility index (Phi) is 4.93. The predicted molar refractivity (Wildman–Crippen MR) is 70.6 cm³/mol. The number of rotatable bonds is 5. The number of hydrogen-bond acceptors (Lipinski definition) is 3. The molecule has 0 aromatic heterocycles. The zero-order chi connectivity index (χ0) is 12.1. The molecule has 0 radical (unpaired) electrons. The van der Waals surface area contributed by atoms with E-state index in [1.165, 1.54) is 0 Å². The summed E-state index contributed by atoms with van der Waals surface area (Å²) in [6, 6.07) is 4.34. The zero-order valence-corrected chi connectivity index (χ0v) is 11.7. The maximum absolute atomic E-state index is 5.28. The molecule has 1 N–H and O–H groups in total. The predicted octanol–water partition coefficient (Wildman–Crippen LogP) is 3.68. The molecule has 1 unspecified atom stereocenters. The van der Waals surface area contributed by atoms with Gasteiger partial charge in [-0.15, -0.1) is 0 Å². The van der Waals surface area contributed by atoms with Crippen molar-refractivity contribution >= 4 is 21.6 Å². The molecule has 0 fully saturated rings. The van der Waals surface area contributed by atoms with Crippen LogP contribution in [0.2, 0.25) is 0 Å². The average Bonchev–Trinajstić information content (AvgIpc) is 2.30. The number of ether oxygens (including phenoxy) is 2. The third-order valence-electron chi connectivity index (χ3n) is 2.47. The molecule has 0 aliphatic rings. The molecule has 16 heavy (non-hydrogen) atoms. The summed E-state index contributed by atoms with van der Waals surface area (Å²) in [5.74, 6) is 1.54. The molecule has 3 nitrogen and oxygen atoms in total. The summed E-state index contributed by atoms with van der Waals surface area (Å²) in [5, 5.41) is 3.39. The van der Waals surface area contributed by atoms with Crippen LogP contribution in [0.4, 0.5) is 5.69 Å². The van der Waals surface area contributed by atoms with Crippen molar-refractivity contribution in [1.29, 1.82) is 0 Å². The lowest BCUT2D eigenvalue weighted by molar-refractivity contribution is 0.390. The van der Waals surface area contributed by atoms with Gasteiger partial charge < -0.3 is 14.8 Å². The minimum Gasteiger partial charge on any atom is -0.495 e. The Morgan fingerprint density at radius 3 is 2.12 bits per heavy atom. The summed E-state index contributed by atoms with van der Waals surface area (Å²) in [5.41, 5.74) is 1.01. The summed E-state index contributed by atoms with van der Waals surface area (Å²) in [4.78, 5) is 0. The van der Waals surface area contributed by atoms with Crippen LogP contribution in [0.15, 0.2) is 16.6 Å². The van der Waals surface area contributed by atoms with Gasteiger partial charge in [-0.1, -0.05) is 6.92 Å². The molecule has 0 saturated carbocycles. The maximum atomic E-state index is 5.28. The van der Waals surface area contributed by atoms with Crippen molar-refractivity contribution in [3.63, 3.8) is 0 Å². The van der Waals surface area contributed by atoms with E-state index in [1.807, 2.05) is 12.1 Å². The Morgan fingerprint density at radius 1 is 1.25 bits per heavy atom. The molecular weight excluding hydrogens is 270 g/mol. The molecule has 1 aromatic rings. The van der Waals surface area contributed by atoms with Gasteiger partial charge in [-0.25, -0.2) is 0 Å². The van der Waals surface area contributed by atoms with Crippen molar-refractivity contribution in [2.75, 3.05) is 19.5 Å². The highest BCUT2D eigenvalue weighted by atomic mass is 79.9. The van der Waals surface area contributed by atoms with Crippen molar-refractivity contribution in [2.24, 2.45) is 0 Å². The zero-order valence-electron chi connectivity index (χ0n) is 10.1. The van der Waals surface area contributed by atoms with E-state index in [4.69, 9.17) is 9.47 Å². The van der Waals surface area contributed by atoms with Crippen molar-refractivity contribution in [3.05, 3.63) is 16.6 Å². The lowest BCUT2D eigenvalue weighted by Gasteiger charge is -2.16. The quantitative estimate of drug-likeness (QED) is 0.896. The second kappa shape index (κ2) is 5.99. The molecule has 90 valence electrons. The molecule has 0 bridgehead atoms. The van der Waals surface area contributed by atoms with Crippen LogP contribution in [-0.2, 0) is 0 Å². The Morgan fingerprint density at radius 2 is 1.75 bits per heavy atom. The van der Waals surface area contributed by atoms with Crippen molar-refractivity contribution in [3.8, 4) is 11.5 Å². The summed E-state index contributed by atoms with van der Waals surface area (Å²) in [6.07, 6.45) is 1.07. The van der Waals surface area contributed by atoms with E-state index in [1.54, 1.807) is 14.2 Å². The Balaban J connectivity index is 3.02. The minimum absolute atomic E-state index is 0.426. The number of anilines is 1. The van der Waals surface area contributed by atoms with Gasteiger partial charge in [-0.3, -0.25) is 0 Å². The lowest BCUT2D eigenvalue weighted by Crippen LogP contribution is -2.13. The molecule has 0 aliphatic heterocycles. The highest BCUT2D eigenvalue weighted by Crippen LogP contribution is 2.37. The molecule has 1 atom stereocenters. The lowest BCUT2D eigenvalue weighted by atomic mass is 10.2. The van der Waals surface area contributed by atoms with Crippen LogP contribution < -0.4 is 14.8 Å². The van der Waals surface area contributed by atoms with Gasteiger partial charge in [0.25, 0.3) is 0 Å². The van der Waals surface area contributed by atoms with Gasteiger partial charge in [0.15, 0.2) is 0 Å². The Bertz CT molecular complexity index is 330. The number of hydrogen-bond donors (Lipinski definition) is 1. The van der Waals surface area contributed by atoms with E-state index in [2.05, 4.69) is 35.1 Å². The molecule has 0 spiro atoms. The second-order valence-corrected chi connectivity index (χ2v) is 4.44. The first-order valence-electron chi connectivity index (χ1n) is 5.30. The van der Waals surface area contributed by atoms with Crippen LogP contribution in [0.1, 0.15) is 20.3 Å². The number of halogens is 1. The fourth-order valence-corrected chi connectivity index (χ4v) is 1.89. The standard InChI is InChI=1S/C12H18BrNO2/c1-5-8(2)14-9-6-10(15-3)12(13)11(7-9)16-4/h6-8,14H,5H2,1-4H3. The third-order valence-corrected chi connectivity index (χ3v) is 3.25. The third kappa shape index (κ3) is 3.04. The summed E-state index contributed by atoms with van der Waals surface area (Å²) in [7, 11) is 3.29. The van der Waals surface area contributed by atoms with Crippen molar-refractivity contribution in [1.82, 2.24) is 0 Å². The molecule has 0 heterocycles. The van der Waals surface area contributed by atoms with Gasteiger partial charge in [-0.2, -0.15) is 0 Å². The van der Waals surface area contributed by atoms with E-state index in [9.17, 15) is 0 Å². The smallest absolute Gasteiger partial charge is 0.138 e. The molecule has 0 aliphatic carbocycles. The van der Waals surface area contributed by atoms with Gasteiger partial charge in [0, 0.05) is 23.9 Å². The molecule has 4 heteroatoms. The Labute approximate surface area is 105 Å². The number of benzene rings is 1. The van der Waals surface area contributed by atoms with E-state index in [0.29, 0.717) is 6.04 Å². The summed E-state index contributed by atoms with van der Waals surface area (Å²) < 4.78 is 11.4. The molecule has 0 amide bonds. The fourth-order valence-electron chi connectivity index (χ4n) is 1.34. The van der Waals surface area contributed by atoms with E-state index < -0.39 is 0 Å². The highest BCUT2D eigenvalue weighted by molar-refractivity contribution is 9.10. The van der Waals surface area contributed by atoms with Gasteiger partial charge >= 0.3 is 0 Å². The van der Waals surface area contributed by atoms with Crippen molar-refractivity contribution in [2.45, 2.75) is 26.3 Å². The molecule has 1 rings (SSSR count). The van der Waals surface area contributed by atoms with Crippen molar-refractivity contribution < 1.29 is 9.47 Å². The van der Waals surface area contributed by atoms with Crippen LogP contribution in [0.3, 0.4) is 0 Å². The van der Waals surface area contributed by atoms with Crippen LogP contribution >= 0.6 is 15.9 Å². The van der Waals surface area contributed by atoms with Crippen LogP contribution in [0.5, 0.6) is 11.5 Å². The normalized spacial score (nSPS) is 12.1. The minimum atomic E-state index is 0.426. The maximum Gasteiger partial charge on any atom is 0.138 e. The van der Waals surface area contributed by atoms with Crippen LogP contribution in [-0.4, -0.2) is 20.3 Å². The average molecular weight is 288 g/mol. The molecular formula is C12H18BrNO2.